The van der Waals surface area contributed by atoms with Crippen molar-refractivity contribution in [1.29, 1.82) is 0 Å². The number of amides is 1. The molecule has 128 valence electrons. The maximum Gasteiger partial charge on any atom is 0.225 e. The average molecular weight is 335 g/mol. The summed E-state index contributed by atoms with van der Waals surface area (Å²) in [6.07, 6.45) is 5.88. The second kappa shape index (κ2) is 6.63. The van der Waals surface area contributed by atoms with E-state index in [1.54, 1.807) is 0 Å². The molecule has 25 heavy (non-hydrogen) atoms. The number of carbonyl (C=O) groups excluding carboxylic acids is 1. The van der Waals surface area contributed by atoms with Crippen molar-refractivity contribution in [2.24, 2.45) is 5.73 Å². The Balaban J connectivity index is 1.79. The van der Waals surface area contributed by atoms with Gasteiger partial charge in [-0.1, -0.05) is 43.5 Å². The van der Waals surface area contributed by atoms with Crippen LogP contribution in [0, 0.1) is 0 Å². The summed E-state index contributed by atoms with van der Waals surface area (Å²) in [5.74, 6) is 0.788. The summed E-state index contributed by atoms with van der Waals surface area (Å²) < 4.78 is 1.97. The Bertz CT molecular complexity index is 911. The number of nitrogens with two attached hydrogens (primary N) is 1. The molecule has 0 bridgehead atoms. The summed E-state index contributed by atoms with van der Waals surface area (Å²) in [6, 6.07) is 12.3. The fourth-order valence-electron chi connectivity index (χ4n) is 3.54. The highest BCUT2D eigenvalue weighted by molar-refractivity contribution is 5.80. The van der Waals surface area contributed by atoms with E-state index >= 15 is 0 Å². The predicted octanol–water partition coefficient (Wildman–Crippen LogP) is 3.03. The first kappa shape index (κ1) is 15.7. The first-order chi connectivity index (χ1) is 12.2. The number of fused-ring (bicyclic) bond motifs is 1. The molecule has 1 aliphatic rings. The highest BCUT2D eigenvalue weighted by Gasteiger charge is 2.23. The smallest absolute Gasteiger partial charge is 0.225 e. The summed E-state index contributed by atoms with van der Waals surface area (Å²) in [4.78, 5) is 20.6. The Morgan fingerprint density at radius 3 is 2.68 bits per heavy atom. The van der Waals surface area contributed by atoms with Gasteiger partial charge < -0.3 is 5.73 Å². The lowest BCUT2D eigenvalue weighted by Gasteiger charge is -2.23. The van der Waals surface area contributed by atoms with Crippen molar-refractivity contribution >= 4 is 16.8 Å². The molecule has 4 rings (SSSR count). The number of primary amides is 1. The van der Waals surface area contributed by atoms with E-state index in [-0.39, 0.29) is 6.42 Å². The number of benzene rings is 1. The van der Waals surface area contributed by atoms with Crippen LogP contribution in [-0.2, 0) is 11.2 Å². The van der Waals surface area contributed by atoms with Crippen LogP contribution in [-0.4, -0.2) is 25.7 Å². The Hall–Kier alpha value is -2.76. The van der Waals surface area contributed by atoms with E-state index in [2.05, 4.69) is 10.1 Å². The Morgan fingerprint density at radius 2 is 1.88 bits per heavy atom. The minimum atomic E-state index is -0.418. The van der Waals surface area contributed by atoms with Crippen LogP contribution in [0.2, 0.25) is 0 Å². The summed E-state index contributed by atoms with van der Waals surface area (Å²) in [5.41, 5.74) is 7.04. The maximum absolute atomic E-state index is 11.3. The highest BCUT2D eigenvalue weighted by atomic mass is 16.1. The molecule has 2 aromatic heterocycles. The lowest BCUT2D eigenvalue weighted by Crippen LogP contribution is -2.17. The number of carbonyl (C=O) groups is 1. The van der Waals surface area contributed by atoms with Gasteiger partial charge in [0, 0.05) is 5.39 Å². The van der Waals surface area contributed by atoms with Crippen molar-refractivity contribution in [2.45, 2.75) is 44.6 Å². The van der Waals surface area contributed by atoms with Gasteiger partial charge in [-0.25, -0.2) is 14.6 Å². The van der Waals surface area contributed by atoms with Gasteiger partial charge in [0.25, 0.3) is 0 Å². The van der Waals surface area contributed by atoms with Gasteiger partial charge in [-0.2, -0.15) is 5.10 Å². The number of rotatable bonds is 4. The van der Waals surface area contributed by atoms with E-state index in [4.69, 9.17) is 10.7 Å². The zero-order chi connectivity index (χ0) is 17.2. The number of aromatic nitrogens is 4. The SMILES string of the molecule is NC(=O)Cc1nc(-c2ccc3ccccc3n2)n(C2CCCCC2)n1. The molecule has 1 aliphatic carbocycles. The van der Waals surface area contributed by atoms with Crippen molar-refractivity contribution < 1.29 is 4.79 Å². The summed E-state index contributed by atoms with van der Waals surface area (Å²) in [7, 11) is 0. The van der Waals surface area contributed by atoms with Gasteiger partial charge >= 0.3 is 0 Å². The number of pyridine rings is 1. The molecule has 0 radical (unpaired) electrons. The molecule has 1 amide bonds. The lowest BCUT2D eigenvalue weighted by atomic mass is 9.95. The molecule has 0 unspecified atom stereocenters. The van der Waals surface area contributed by atoms with Crippen LogP contribution in [0.3, 0.4) is 0 Å². The molecule has 2 N–H and O–H groups in total. The molecular weight excluding hydrogens is 314 g/mol. The van der Waals surface area contributed by atoms with E-state index in [1.807, 2.05) is 41.1 Å². The molecular formula is C19H21N5O. The molecule has 0 aliphatic heterocycles. The van der Waals surface area contributed by atoms with E-state index < -0.39 is 5.91 Å². The lowest BCUT2D eigenvalue weighted by molar-refractivity contribution is -0.117. The number of hydrogen-bond donors (Lipinski definition) is 1. The number of hydrogen-bond acceptors (Lipinski definition) is 4. The third-order valence-electron chi connectivity index (χ3n) is 4.76. The summed E-state index contributed by atoms with van der Waals surface area (Å²) in [5, 5.41) is 5.69. The van der Waals surface area contributed by atoms with Crippen LogP contribution < -0.4 is 5.73 Å². The van der Waals surface area contributed by atoms with Crippen molar-refractivity contribution in [1.82, 2.24) is 19.7 Å². The molecule has 6 nitrogen and oxygen atoms in total. The first-order valence-corrected chi connectivity index (χ1v) is 8.80. The fourth-order valence-corrected chi connectivity index (χ4v) is 3.54. The normalized spacial score (nSPS) is 15.5. The molecule has 3 aromatic rings. The van der Waals surface area contributed by atoms with Crippen molar-refractivity contribution in [3.8, 4) is 11.5 Å². The monoisotopic (exact) mass is 335 g/mol. The zero-order valence-corrected chi connectivity index (χ0v) is 14.1. The van der Waals surface area contributed by atoms with Gasteiger partial charge in [0.1, 0.15) is 5.69 Å². The van der Waals surface area contributed by atoms with E-state index in [9.17, 15) is 4.79 Å². The van der Waals surface area contributed by atoms with E-state index in [0.717, 1.165) is 35.3 Å². The summed E-state index contributed by atoms with van der Waals surface area (Å²) >= 11 is 0. The standard InChI is InChI=1S/C19H21N5O/c20-17(25)12-18-22-19(24(23-18)14-7-2-1-3-8-14)16-11-10-13-6-4-5-9-15(13)21-16/h4-6,9-11,14H,1-3,7-8,12H2,(H2,20,25). The Kier molecular flexibility index (Phi) is 4.17. The van der Waals surface area contributed by atoms with Crippen LogP contribution in [0.4, 0.5) is 0 Å². The van der Waals surface area contributed by atoms with Gasteiger partial charge in [-0.15, -0.1) is 0 Å². The van der Waals surface area contributed by atoms with Gasteiger partial charge in [0.05, 0.1) is 18.0 Å². The predicted molar refractivity (Wildman–Crippen MR) is 95.8 cm³/mol. The largest absolute Gasteiger partial charge is 0.369 e. The van der Waals surface area contributed by atoms with Crippen LogP contribution >= 0.6 is 0 Å². The second-order valence-electron chi connectivity index (χ2n) is 6.62. The topological polar surface area (TPSA) is 86.7 Å². The van der Waals surface area contributed by atoms with Crippen LogP contribution in [0.5, 0.6) is 0 Å². The molecule has 6 heteroatoms. The minimum absolute atomic E-state index is 0.0559. The number of para-hydroxylation sites is 1. The van der Waals surface area contributed by atoms with Gasteiger partial charge in [0.2, 0.25) is 5.91 Å². The Labute approximate surface area is 146 Å². The second-order valence-corrected chi connectivity index (χ2v) is 6.62. The van der Waals surface area contributed by atoms with Crippen LogP contribution in [0.15, 0.2) is 36.4 Å². The third-order valence-corrected chi connectivity index (χ3v) is 4.76. The van der Waals surface area contributed by atoms with Gasteiger partial charge in [-0.3, -0.25) is 4.79 Å². The molecule has 0 spiro atoms. The van der Waals surface area contributed by atoms with E-state index in [0.29, 0.717) is 11.9 Å². The minimum Gasteiger partial charge on any atom is -0.369 e. The quantitative estimate of drug-likeness (QED) is 0.794. The van der Waals surface area contributed by atoms with Gasteiger partial charge in [-0.05, 0) is 25.0 Å². The third kappa shape index (κ3) is 3.24. The number of nitrogens with zero attached hydrogens (tertiary/aromatic N) is 4. The molecule has 1 aromatic carbocycles. The Morgan fingerprint density at radius 1 is 1.08 bits per heavy atom. The fraction of sp³-hybridized carbons (Fsp3) is 0.368. The molecule has 2 heterocycles. The molecule has 0 saturated heterocycles. The highest BCUT2D eigenvalue weighted by Crippen LogP contribution is 2.31. The maximum atomic E-state index is 11.3. The molecule has 1 saturated carbocycles. The molecule has 0 atom stereocenters. The van der Waals surface area contributed by atoms with Crippen molar-refractivity contribution in [2.75, 3.05) is 0 Å². The van der Waals surface area contributed by atoms with Gasteiger partial charge in [0.15, 0.2) is 11.6 Å². The van der Waals surface area contributed by atoms with Crippen LogP contribution in [0.1, 0.15) is 44.0 Å². The average Bonchev–Trinajstić information content (AvgIpc) is 3.05. The van der Waals surface area contributed by atoms with E-state index in [1.165, 1.54) is 19.3 Å². The zero-order valence-electron chi connectivity index (χ0n) is 14.1. The molecule has 1 fully saturated rings. The van der Waals surface area contributed by atoms with Crippen molar-refractivity contribution in [3.05, 3.63) is 42.2 Å². The first-order valence-electron chi connectivity index (χ1n) is 8.80. The van der Waals surface area contributed by atoms with Crippen molar-refractivity contribution in [3.63, 3.8) is 0 Å². The van der Waals surface area contributed by atoms with Crippen LogP contribution in [0.25, 0.3) is 22.4 Å². The summed E-state index contributed by atoms with van der Waals surface area (Å²) in [6.45, 7) is 0.